The average Bonchev–Trinajstić information content (AvgIpc) is 2.73. The van der Waals surface area contributed by atoms with Crippen molar-refractivity contribution in [3.05, 3.63) is 34.2 Å². The standard InChI is InChI=1S/C24H33N3O3/c1-26-6-2-3-20(21(26)28)22(29)27-7-4-16(5-8-27)15-25-23(30)24-12-17-9-18(13-24)11-19(10-17)14-24/h2-3,6,16-19H,4-5,7-15H2,1H3,(H,25,30). The molecular weight excluding hydrogens is 378 g/mol. The van der Waals surface area contributed by atoms with Crippen LogP contribution in [0.3, 0.4) is 0 Å². The lowest BCUT2D eigenvalue weighted by Gasteiger charge is -2.55. The van der Waals surface area contributed by atoms with Gasteiger partial charge in [-0.05, 0) is 87.2 Å². The number of pyridine rings is 1. The Morgan fingerprint density at radius 3 is 2.27 bits per heavy atom. The van der Waals surface area contributed by atoms with E-state index < -0.39 is 0 Å². The van der Waals surface area contributed by atoms with Crippen molar-refractivity contribution in [1.82, 2.24) is 14.8 Å². The normalized spacial score (nSPS) is 33.0. The van der Waals surface area contributed by atoms with Crippen LogP contribution in [0.25, 0.3) is 0 Å². The van der Waals surface area contributed by atoms with Crippen LogP contribution in [0.15, 0.2) is 23.1 Å². The number of likely N-dealkylation sites (tertiary alicyclic amines) is 1. The molecule has 1 aromatic rings. The van der Waals surface area contributed by atoms with Gasteiger partial charge in [0, 0.05) is 38.3 Å². The van der Waals surface area contributed by atoms with Crippen molar-refractivity contribution in [1.29, 1.82) is 0 Å². The van der Waals surface area contributed by atoms with Crippen LogP contribution >= 0.6 is 0 Å². The van der Waals surface area contributed by atoms with Crippen LogP contribution in [-0.4, -0.2) is 40.9 Å². The molecule has 4 saturated carbocycles. The first-order valence-electron chi connectivity index (χ1n) is 11.7. The highest BCUT2D eigenvalue weighted by Gasteiger charge is 2.54. The summed E-state index contributed by atoms with van der Waals surface area (Å²) in [5.74, 6) is 2.87. The maximum absolute atomic E-state index is 13.2. The molecule has 30 heavy (non-hydrogen) atoms. The number of aryl methyl sites for hydroxylation is 1. The minimum absolute atomic E-state index is 0.0845. The van der Waals surface area contributed by atoms with E-state index in [1.807, 2.05) is 0 Å². The largest absolute Gasteiger partial charge is 0.355 e. The number of nitrogens with zero attached hydrogens (tertiary/aromatic N) is 2. The van der Waals surface area contributed by atoms with E-state index in [0.717, 1.165) is 56.4 Å². The quantitative estimate of drug-likeness (QED) is 0.828. The maximum Gasteiger partial charge on any atom is 0.263 e. The number of piperidine rings is 1. The average molecular weight is 412 g/mol. The van der Waals surface area contributed by atoms with Gasteiger partial charge in [-0.15, -0.1) is 0 Å². The molecule has 5 fully saturated rings. The molecule has 6 rings (SSSR count). The van der Waals surface area contributed by atoms with E-state index in [4.69, 9.17) is 0 Å². The molecule has 0 radical (unpaired) electrons. The van der Waals surface area contributed by atoms with E-state index in [1.54, 1.807) is 30.3 Å². The number of hydrogen-bond donors (Lipinski definition) is 1. The summed E-state index contributed by atoms with van der Waals surface area (Å²) in [6.45, 7) is 2.01. The Hall–Kier alpha value is -2.11. The second-order valence-electron chi connectivity index (χ2n) is 10.5. The van der Waals surface area contributed by atoms with Crippen molar-refractivity contribution in [2.24, 2.45) is 36.1 Å². The number of carbonyl (C=O) groups excluding carboxylic acids is 2. The summed E-state index contributed by atoms with van der Waals surface area (Å²) in [5, 5.41) is 3.31. The first kappa shape index (κ1) is 19.8. The van der Waals surface area contributed by atoms with Gasteiger partial charge in [-0.25, -0.2) is 0 Å². The number of aromatic nitrogens is 1. The summed E-state index contributed by atoms with van der Waals surface area (Å²) in [6.07, 6.45) is 10.8. The Balaban J connectivity index is 1.14. The van der Waals surface area contributed by atoms with E-state index in [9.17, 15) is 14.4 Å². The van der Waals surface area contributed by atoms with Crippen LogP contribution in [0.4, 0.5) is 0 Å². The van der Waals surface area contributed by atoms with Gasteiger partial charge >= 0.3 is 0 Å². The predicted molar refractivity (Wildman–Crippen MR) is 114 cm³/mol. The zero-order valence-corrected chi connectivity index (χ0v) is 17.9. The van der Waals surface area contributed by atoms with Crippen molar-refractivity contribution < 1.29 is 9.59 Å². The van der Waals surface area contributed by atoms with Gasteiger partial charge in [-0.2, -0.15) is 0 Å². The molecule has 1 N–H and O–H groups in total. The molecule has 162 valence electrons. The van der Waals surface area contributed by atoms with Crippen molar-refractivity contribution in [2.75, 3.05) is 19.6 Å². The molecule has 0 atom stereocenters. The van der Waals surface area contributed by atoms with Crippen LogP contribution in [0.5, 0.6) is 0 Å². The second-order valence-corrected chi connectivity index (χ2v) is 10.5. The molecule has 0 unspecified atom stereocenters. The Labute approximate surface area is 178 Å². The fraction of sp³-hybridized carbons (Fsp3) is 0.708. The fourth-order valence-electron chi connectivity index (χ4n) is 7.08. The van der Waals surface area contributed by atoms with E-state index in [2.05, 4.69) is 5.32 Å². The highest BCUT2D eigenvalue weighted by molar-refractivity contribution is 5.93. The monoisotopic (exact) mass is 411 g/mol. The number of hydrogen-bond acceptors (Lipinski definition) is 3. The Kier molecular flexibility index (Phi) is 4.98. The molecule has 4 aliphatic carbocycles. The molecule has 2 amide bonds. The lowest BCUT2D eigenvalue weighted by molar-refractivity contribution is -0.146. The van der Waals surface area contributed by atoms with Crippen molar-refractivity contribution in [3.8, 4) is 0 Å². The fourth-order valence-corrected chi connectivity index (χ4v) is 7.08. The third kappa shape index (κ3) is 3.48. The van der Waals surface area contributed by atoms with Crippen LogP contribution in [0.2, 0.25) is 0 Å². The van der Waals surface area contributed by atoms with Gasteiger partial charge in [0.15, 0.2) is 0 Å². The Morgan fingerprint density at radius 1 is 1.07 bits per heavy atom. The molecule has 2 heterocycles. The van der Waals surface area contributed by atoms with Crippen molar-refractivity contribution in [3.63, 3.8) is 0 Å². The van der Waals surface area contributed by atoms with Gasteiger partial charge in [0.1, 0.15) is 5.56 Å². The SMILES string of the molecule is Cn1cccc(C(=O)N2CCC(CNC(=O)C34CC5CC(CC(C5)C3)C4)CC2)c1=O. The highest BCUT2D eigenvalue weighted by Crippen LogP contribution is 2.60. The van der Waals surface area contributed by atoms with E-state index in [-0.39, 0.29) is 22.4 Å². The van der Waals surface area contributed by atoms with E-state index in [1.165, 1.54) is 23.8 Å². The van der Waals surface area contributed by atoms with E-state index >= 15 is 0 Å². The molecule has 0 spiro atoms. The third-order valence-electron chi connectivity index (χ3n) is 8.33. The zero-order chi connectivity index (χ0) is 20.9. The first-order valence-corrected chi connectivity index (χ1v) is 11.7. The maximum atomic E-state index is 13.2. The topological polar surface area (TPSA) is 71.4 Å². The molecule has 5 aliphatic rings. The van der Waals surface area contributed by atoms with Crippen LogP contribution in [0, 0.1) is 29.1 Å². The molecule has 1 saturated heterocycles. The second kappa shape index (κ2) is 7.54. The van der Waals surface area contributed by atoms with Crippen LogP contribution in [0.1, 0.15) is 61.7 Å². The molecule has 1 aromatic heterocycles. The minimum Gasteiger partial charge on any atom is -0.355 e. The number of rotatable bonds is 4. The lowest BCUT2D eigenvalue weighted by atomic mass is 9.49. The van der Waals surface area contributed by atoms with Gasteiger partial charge in [0.05, 0.1) is 0 Å². The van der Waals surface area contributed by atoms with Gasteiger partial charge in [0.25, 0.3) is 11.5 Å². The minimum atomic E-state index is -0.243. The summed E-state index contributed by atoms with van der Waals surface area (Å²) in [4.78, 5) is 39.9. The number of carbonyl (C=O) groups is 2. The summed E-state index contributed by atoms with van der Waals surface area (Å²) in [7, 11) is 1.66. The highest BCUT2D eigenvalue weighted by atomic mass is 16.2. The van der Waals surface area contributed by atoms with Crippen molar-refractivity contribution in [2.45, 2.75) is 51.4 Å². The van der Waals surface area contributed by atoms with E-state index in [0.29, 0.717) is 24.9 Å². The first-order chi connectivity index (χ1) is 14.4. The van der Waals surface area contributed by atoms with Gasteiger partial charge in [-0.3, -0.25) is 14.4 Å². The lowest BCUT2D eigenvalue weighted by Crippen LogP contribution is -2.54. The number of amides is 2. The Bertz CT molecular complexity index is 862. The van der Waals surface area contributed by atoms with Crippen LogP contribution < -0.4 is 10.9 Å². The summed E-state index contributed by atoms with van der Waals surface area (Å²) in [6, 6.07) is 3.35. The van der Waals surface area contributed by atoms with Crippen molar-refractivity contribution >= 4 is 11.8 Å². The Morgan fingerprint density at radius 2 is 1.67 bits per heavy atom. The number of nitrogens with one attached hydrogen (secondary N) is 1. The van der Waals surface area contributed by atoms with Gasteiger partial charge in [-0.1, -0.05) is 0 Å². The van der Waals surface area contributed by atoms with Crippen LogP contribution in [-0.2, 0) is 11.8 Å². The molecule has 0 aromatic carbocycles. The smallest absolute Gasteiger partial charge is 0.263 e. The summed E-state index contributed by atoms with van der Waals surface area (Å²) < 4.78 is 1.44. The zero-order valence-electron chi connectivity index (χ0n) is 17.9. The molecular formula is C24H33N3O3. The van der Waals surface area contributed by atoms with Gasteiger partial charge in [0.2, 0.25) is 5.91 Å². The third-order valence-corrected chi connectivity index (χ3v) is 8.33. The molecule has 6 heteroatoms. The molecule has 1 aliphatic heterocycles. The summed E-state index contributed by atoms with van der Waals surface area (Å²) >= 11 is 0. The van der Waals surface area contributed by atoms with Gasteiger partial charge < -0.3 is 14.8 Å². The molecule has 6 nitrogen and oxygen atoms in total. The predicted octanol–water partition coefficient (Wildman–Crippen LogP) is 2.57. The molecule has 4 bridgehead atoms. The summed E-state index contributed by atoms with van der Waals surface area (Å²) in [5.41, 5.74) is -0.0836.